The van der Waals surface area contributed by atoms with Crippen LogP contribution in [0.15, 0.2) is 119 Å². The van der Waals surface area contributed by atoms with Crippen LogP contribution in [0.3, 0.4) is 0 Å². The minimum absolute atomic E-state index is 0.00121. The number of rotatable bonds is 8. The fraction of sp³-hybridized carbons (Fsp3) is 0.139. The zero-order valence-electron chi connectivity index (χ0n) is 25.5. The largest absolute Gasteiger partial charge is 0.465 e. The quantitative estimate of drug-likeness (QED) is 0.178. The van der Waals surface area contributed by atoms with Crippen molar-refractivity contribution >= 4 is 29.4 Å². The van der Waals surface area contributed by atoms with E-state index in [1.807, 2.05) is 73.8 Å². The van der Waals surface area contributed by atoms with Gasteiger partial charge in [-0.15, -0.1) is 0 Å². The number of hydrogen-bond acceptors (Lipinski definition) is 8. The fourth-order valence-electron chi connectivity index (χ4n) is 5.31. The number of aryl methyl sites for hydroxylation is 1. The number of aromatic nitrogens is 3. The van der Waals surface area contributed by atoms with E-state index >= 15 is 0 Å². The lowest BCUT2D eigenvalue weighted by atomic mass is 9.95. The average molecular weight is 631 g/mol. The molecule has 0 saturated carbocycles. The van der Waals surface area contributed by atoms with Gasteiger partial charge in [-0.05, 0) is 49.8 Å². The van der Waals surface area contributed by atoms with Crippen molar-refractivity contribution < 1.29 is 19.1 Å². The molecule has 0 amide bonds. The summed E-state index contributed by atoms with van der Waals surface area (Å²) in [7, 11) is 1.31. The van der Waals surface area contributed by atoms with Crippen LogP contribution in [0.4, 0.5) is 0 Å². The SMILES string of the molecule is C=CCOC(=O)C1=C(C)N=c2sc(=Cc3cn(-c4ccccc4)nc3-c3ccc(C)cc3)c(=O)n2C1c1ccc(C(=O)OC)cc1. The molecule has 0 saturated heterocycles. The molecule has 3 aromatic carbocycles. The molecule has 3 heterocycles. The van der Waals surface area contributed by atoms with E-state index in [1.54, 1.807) is 35.9 Å². The number of esters is 2. The van der Waals surface area contributed by atoms with Crippen molar-refractivity contribution in [1.82, 2.24) is 14.3 Å². The van der Waals surface area contributed by atoms with Crippen molar-refractivity contribution in [2.24, 2.45) is 4.99 Å². The molecule has 1 aliphatic heterocycles. The first-order chi connectivity index (χ1) is 22.3. The standard InChI is InChI=1S/C36H30N4O5S/c1-5-19-45-35(43)30-23(3)37-36-40(32(30)25-15-17-26(18-16-25)34(42)44-4)33(41)29(46-36)20-27-21-39(28-9-7-6-8-10-28)38-31(27)24-13-11-22(2)12-14-24/h5-18,20-21,32H,1,19H2,2-4H3. The van der Waals surface area contributed by atoms with Crippen molar-refractivity contribution in [3.63, 3.8) is 0 Å². The third kappa shape index (κ3) is 5.78. The minimum Gasteiger partial charge on any atom is -0.465 e. The number of methoxy groups -OCH3 is 1. The van der Waals surface area contributed by atoms with Gasteiger partial charge in [0.2, 0.25) is 0 Å². The normalized spacial score (nSPS) is 14.4. The Morgan fingerprint density at radius 2 is 1.70 bits per heavy atom. The summed E-state index contributed by atoms with van der Waals surface area (Å²) >= 11 is 1.23. The maximum Gasteiger partial charge on any atom is 0.338 e. The van der Waals surface area contributed by atoms with Crippen molar-refractivity contribution in [3.05, 3.63) is 151 Å². The molecule has 1 unspecified atom stereocenters. The van der Waals surface area contributed by atoms with Crippen LogP contribution in [-0.4, -0.2) is 40.0 Å². The summed E-state index contributed by atoms with van der Waals surface area (Å²) in [4.78, 5) is 44.9. The molecule has 1 atom stereocenters. The van der Waals surface area contributed by atoms with E-state index in [1.165, 1.54) is 29.1 Å². The third-order valence-corrected chi connectivity index (χ3v) is 8.58. The molecule has 0 bridgehead atoms. The van der Waals surface area contributed by atoms with Gasteiger partial charge < -0.3 is 9.47 Å². The van der Waals surface area contributed by atoms with E-state index in [2.05, 4.69) is 11.6 Å². The lowest BCUT2D eigenvalue weighted by Crippen LogP contribution is -2.40. The smallest absolute Gasteiger partial charge is 0.338 e. The lowest BCUT2D eigenvalue weighted by molar-refractivity contribution is -0.138. The van der Waals surface area contributed by atoms with Gasteiger partial charge in [0.15, 0.2) is 4.80 Å². The summed E-state index contributed by atoms with van der Waals surface area (Å²) in [5.74, 6) is -1.10. The molecular weight excluding hydrogens is 600 g/mol. The number of carbonyl (C=O) groups excluding carboxylic acids is 2. The summed E-state index contributed by atoms with van der Waals surface area (Å²) in [5.41, 5.74) is 5.66. The Morgan fingerprint density at radius 3 is 2.37 bits per heavy atom. The number of benzene rings is 3. The maximum absolute atomic E-state index is 14.3. The first kappa shape index (κ1) is 30.4. The van der Waals surface area contributed by atoms with Crippen LogP contribution in [0.25, 0.3) is 23.0 Å². The number of thiazole rings is 1. The van der Waals surface area contributed by atoms with E-state index in [0.717, 1.165) is 28.1 Å². The van der Waals surface area contributed by atoms with Gasteiger partial charge in [-0.2, -0.15) is 5.10 Å². The van der Waals surface area contributed by atoms with Crippen LogP contribution in [0.2, 0.25) is 0 Å². The minimum atomic E-state index is -0.842. The Bertz CT molecular complexity index is 2170. The predicted molar refractivity (Wildman–Crippen MR) is 176 cm³/mol. The van der Waals surface area contributed by atoms with E-state index in [9.17, 15) is 14.4 Å². The first-order valence-electron chi connectivity index (χ1n) is 14.5. The van der Waals surface area contributed by atoms with Gasteiger partial charge in [-0.1, -0.05) is 84.2 Å². The first-order valence-corrected chi connectivity index (χ1v) is 15.3. The molecule has 0 fully saturated rings. The summed E-state index contributed by atoms with van der Waals surface area (Å²) in [5, 5.41) is 4.90. The van der Waals surface area contributed by atoms with Gasteiger partial charge >= 0.3 is 11.9 Å². The highest BCUT2D eigenvalue weighted by molar-refractivity contribution is 7.07. The van der Waals surface area contributed by atoms with Crippen LogP contribution in [0, 0.1) is 6.92 Å². The second-order valence-electron chi connectivity index (χ2n) is 10.7. The molecule has 0 radical (unpaired) electrons. The second-order valence-corrected chi connectivity index (χ2v) is 11.7. The lowest BCUT2D eigenvalue weighted by Gasteiger charge is -2.24. The molecule has 0 N–H and O–H groups in total. The van der Waals surface area contributed by atoms with Gasteiger partial charge in [0.1, 0.15) is 6.61 Å². The number of para-hydroxylation sites is 1. The average Bonchev–Trinajstić information content (AvgIpc) is 3.63. The third-order valence-electron chi connectivity index (χ3n) is 7.60. The van der Waals surface area contributed by atoms with Crippen LogP contribution in [0.5, 0.6) is 0 Å². The molecule has 9 nitrogen and oxygen atoms in total. The van der Waals surface area contributed by atoms with Crippen molar-refractivity contribution in [2.45, 2.75) is 19.9 Å². The number of nitrogens with zero attached hydrogens (tertiary/aromatic N) is 4. The van der Waals surface area contributed by atoms with Crippen molar-refractivity contribution in [1.29, 1.82) is 0 Å². The number of allylic oxidation sites excluding steroid dienone is 1. The van der Waals surface area contributed by atoms with Crippen LogP contribution >= 0.6 is 11.3 Å². The number of carbonyl (C=O) groups is 2. The highest BCUT2D eigenvalue weighted by Crippen LogP contribution is 2.31. The topological polar surface area (TPSA) is 105 Å². The van der Waals surface area contributed by atoms with Gasteiger partial charge in [0.25, 0.3) is 5.56 Å². The fourth-order valence-corrected chi connectivity index (χ4v) is 6.35. The summed E-state index contributed by atoms with van der Waals surface area (Å²) < 4.78 is 14.0. The summed E-state index contributed by atoms with van der Waals surface area (Å²) in [6.07, 6.45) is 5.19. The van der Waals surface area contributed by atoms with Crippen LogP contribution in [0.1, 0.15) is 40.0 Å². The van der Waals surface area contributed by atoms with Crippen LogP contribution in [-0.2, 0) is 14.3 Å². The second kappa shape index (κ2) is 12.8. The number of hydrogen-bond donors (Lipinski definition) is 0. The highest BCUT2D eigenvalue weighted by atomic mass is 32.1. The van der Waals surface area contributed by atoms with E-state index in [0.29, 0.717) is 26.2 Å². The highest BCUT2D eigenvalue weighted by Gasteiger charge is 2.33. The Kier molecular flexibility index (Phi) is 8.45. The number of fused-ring (bicyclic) bond motifs is 1. The van der Waals surface area contributed by atoms with E-state index < -0.39 is 18.0 Å². The predicted octanol–water partition coefficient (Wildman–Crippen LogP) is 4.91. The molecule has 0 aliphatic carbocycles. The summed E-state index contributed by atoms with van der Waals surface area (Å²) in [6, 6.07) is 23.6. The van der Waals surface area contributed by atoms with Gasteiger partial charge in [-0.25, -0.2) is 19.3 Å². The number of ether oxygens (including phenoxy) is 2. The van der Waals surface area contributed by atoms with E-state index in [-0.39, 0.29) is 17.7 Å². The van der Waals surface area contributed by atoms with Crippen LogP contribution < -0.4 is 14.9 Å². The van der Waals surface area contributed by atoms with Gasteiger partial charge in [0.05, 0.1) is 45.9 Å². The van der Waals surface area contributed by atoms with Crippen molar-refractivity contribution in [2.75, 3.05) is 13.7 Å². The Morgan fingerprint density at radius 1 is 0.978 bits per heavy atom. The molecule has 46 heavy (non-hydrogen) atoms. The Labute approximate surface area is 268 Å². The molecule has 230 valence electrons. The summed E-state index contributed by atoms with van der Waals surface area (Å²) in [6.45, 7) is 7.38. The van der Waals surface area contributed by atoms with Gasteiger partial charge in [0, 0.05) is 17.3 Å². The molecular formula is C36H30N4O5S. The molecule has 0 spiro atoms. The van der Waals surface area contributed by atoms with E-state index in [4.69, 9.17) is 14.6 Å². The molecule has 5 aromatic rings. The van der Waals surface area contributed by atoms with Gasteiger partial charge in [-0.3, -0.25) is 9.36 Å². The monoisotopic (exact) mass is 630 g/mol. The van der Waals surface area contributed by atoms with Crippen molar-refractivity contribution in [3.8, 4) is 16.9 Å². The molecule has 2 aromatic heterocycles. The Hall–Kier alpha value is -5.61. The maximum atomic E-state index is 14.3. The molecule has 1 aliphatic rings. The Balaban J connectivity index is 1.53. The zero-order chi connectivity index (χ0) is 32.4. The molecule has 6 rings (SSSR count). The molecule has 10 heteroatoms. The zero-order valence-corrected chi connectivity index (χ0v) is 26.3.